The summed E-state index contributed by atoms with van der Waals surface area (Å²) in [6.07, 6.45) is 0. The van der Waals surface area contributed by atoms with Crippen LogP contribution in [-0.4, -0.2) is 11.9 Å². The van der Waals surface area contributed by atoms with E-state index in [1.54, 1.807) is 48.5 Å². The Morgan fingerprint density at radius 1 is 0.852 bits per heavy atom. The number of carbonyl (C=O) groups is 2. The van der Waals surface area contributed by atoms with Crippen LogP contribution in [0, 0.1) is 0 Å². The first-order chi connectivity index (χ1) is 13.1. The molecule has 3 aromatic carbocycles. The number of anilines is 1. The summed E-state index contributed by atoms with van der Waals surface area (Å²) in [7, 11) is 0. The zero-order valence-corrected chi connectivity index (χ0v) is 14.8. The standard InChI is InChI=1S/C22H19NO4/c1-16(24)27-21-10-6-5-9-20(21)22(25)23-18-11-13-19(14-12-18)26-15-17-7-3-2-4-8-17/h2-14H,15H2,1H3,(H,23,25). The number of amides is 1. The number of nitrogens with one attached hydrogen (secondary N) is 1. The monoisotopic (exact) mass is 361 g/mol. The highest BCUT2D eigenvalue weighted by atomic mass is 16.5. The Labute approximate surface area is 157 Å². The van der Waals surface area contributed by atoms with Crippen LogP contribution in [0.25, 0.3) is 0 Å². The molecular formula is C22H19NO4. The van der Waals surface area contributed by atoms with Gasteiger partial charge in [0, 0.05) is 12.6 Å². The average Bonchev–Trinajstić information content (AvgIpc) is 2.68. The quantitative estimate of drug-likeness (QED) is 0.521. The fourth-order valence-electron chi connectivity index (χ4n) is 2.47. The fraction of sp³-hybridized carbons (Fsp3) is 0.0909. The maximum Gasteiger partial charge on any atom is 0.308 e. The highest BCUT2D eigenvalue weighted by Crippen LogP contribution is 2.21. The molecule has 0 bridgehead atoms. The predicted molar refractivity (Wildman–Crippen MR) is 103 cm³/mol. The van der Waals surface area contributed by atoms with Crippen molar-refractivity contribution in [3.05, 3.63) is 90.0 Å². The number of rotatable bonds is 6. The summed E-state index contributed by atoms with van der Waals surface area (Å²) in [4.78, 5) is 23.7. The Morgan fingerprint density at radius 3 is 2.22 bits per heavy atom. The first-order valence-electron chi connectivity index (χ1n) is 8.47. The van der Waals surface area contributed by atoms with Crippen LogP contribution in [-0.2, 0) is 11.4 Å². The van der Waals surface area contributed by atoms with E-state index in [0.717, 1.165) is 5.56 Å². The number of carbonyl (C=O) groups excluding carboxylic acids is 2. The van der Waals surface area contributed by atoms with Gasteiger partial charge in [-0.15, -0.1) is 0 Å². The summed E-state index contributed by atoms with van der Waals surface area (Å²) in [5.41, 5.74) is 1.98. The zero-order valence-electron chi connectivity index (χ0n) is 14.8. The molecule has 3 rings (SSSR count). The number of benzene rings is 3. The van der Waals surface area contributed by atoms with Gasteiger partial charge in [0.05, 0.1) is 5.56 Å². The van der Waals surface area contributed by atoms with Gasteiger partial charge in [0.15, 0.2) is 0 Å². The number of para-hydroxylation sites is 1. The molecule has 5 nitrogen and oxygen atoms in total. The van der Waals surface area contributed by atoms with Crippen molar-refractivity contribution < 1.29 is 19.1 Å². The van der Waals surface area contributed by atoms with Gasteiger partial charge in [0.2, 0.25) is 0 Å². The van der Waals surface area contributed by atoms with Gasteiger partial charge in [-0.3, -0.25) is 9.59 Å². The fourth-order valence-corrected chi connectivity index (χ4v) is 2.47. The molecule has 0 spiro atoms. The number of esters is 1. The molecule has 3 aromatic rings. The Kier molecular flexibility index (Phi) is 5.84. The first kappa shape index (κ1) is 18.2. The highest BCUT2D eigenvalue weighted by Gasteiger charge is 2.13. The summed E-state index contributed by atoms with van der Waals surface area (Å²) in [6.45, 7) is 1.77. The molecule has 136 valence electrons. The van der Waals surface area contributed by atoms with E-state index in [2.05, 4.69) is 5.32 Å². The number of hydrogen-bond acceptors (Lipinski definition) is 4. The Hall–Kier alpha value is -3.60. The molecule has 0 aromatic heterocycles. The molecule has 0 saturated heterocycles. The van der Waals surface area contributed by atoms with Gasteiger partial charge in [-0.05, 0) is 42.0 Å². The lowest BCUT2D eigenvalue weighted by atomic mass is 10.2. The molecule has 1 N–H and O–H groups in total. The van der Waals surface area contributed by atoms with Gasteiger partial charge in [0.25, 0.3) is 5.91 Å². The maximum atomic E-state index is 12.5. The molecule has 0 aliphatic rings. The normalized spacial score (nSPS) is 10.1. The van der Waals surface area contributed by atoms with Crippen molar-refractivity contribution >= 4 is 17.6 Å². The lowest BCUT2D eigenvalue weighted by Crippen LogP contribution is -2.14. The molecule has 0 heterocycles. The third-order valence-electron chi connectivity index (χ3n) is 3.75. The Balaban J connectivity index is 1.63. The zero-order chi connectivity index (χ0) is 19.1. The maximum absolute atomic E-state index is 12.5. The predicted octanol–water partition coefficient (Wildman–Crippen LogP) is 4.44. The summed E-state index contributed by atoms with van der Waals surface area (Å²) in [5.74, 6) is 0.0995. The van der Waals surface area contributed by atoms with Gasteiger partial charge < -0.3 is 14.8 Å². The third kappa shape index (κ3) is 5.19. The lowest BCUT2D eigenvalue weighted by molar-refractivity contribution is -0.131. The molecule has 0 fully saturated rings. The summed E-state index contributed by atoms with van der Waals surface area (Å²) >= 11 is 0. The van der Waals surface area contributed by atoms with Crippen LogP contribution in [0.3, 0.4) is 0 Å². The van der Waals surface area contributed by atoms with E-state index >= 15 is 0 Å². The molecule has 0 aliphatic carbocycles. The first-order valence-corrected chi connectivity index (χ1v) is 8.47. The second kappa shape index (κ2) is 8.67. The van der Waals surface area contributed by atoms with E-state index in [1.165, 1.54) is 6.92 Å². The summed E-state index contributed by atoms with van der Waals surface area (Å²) < 4.78 is 10.8. The molecule has 27 heavy (non-hydrogen) atoms. The smallest absolute Gasteiger partial charge is 0.308 e. The van der Waals surface area contributed by atoms with Crippen LogP contribution >= 0.6 is 0 Å². The van der Waals surface area contributed by atoms with Crippen LogP contribution in [0.4, 0.5) is 5.69 Å². The van der Waals surface area contributed by atoms with E-state index in [4.69, 9.17) is 9.47 Å². The van der Waals surface area contributed by atoms with Gasteiger partial charge in [-0.25, -0.2) is 0 Å². The second-order valence-corrected chi connectivity index (χ2v) is 5.84. The van der Waals surface area contributed by atoms with Crippen molar-refractivity contribution in [2.45, 2.75) is 13.5 Å². The summed E-state index contributed by atoms with van der Waals surface area (Å²) in [6, 6.07) is 23.6. The van der Waals surface area contributed by atoms with Crippen molar-refractivity contribution in [3.63, 3.8) is 0 Å². The molecule has 1 amide bonds. The van der Waals surface area contributed by atoms with E-state index in [9.17, 15) is 9.59 Å². The van der Waals surface area contributed by atoms with Gasteiger partial charge in [-0.1, -0.05) is 42.5 Å². The van der Waals surface area contributed by atoms with Gasteiger partial charge >= 0.3 is 5.97 Å². The minimum Gasteiger partial charge on any atom is -0.489 e. The minimum absolute atomic E-state index is 0.227. The van der Waals surface area contributed by atoms with Crippen LogP contribution in [0.2, 0.25) is 0 Å². The van der Waals surface area contributed by atoms with Crippen LogP contribution < -0.4 is 14.8 Å². The molecule has 0 saturated carbocycles. The Bertz CT molecular complexity index is 921. The SMILES string of the molecule is CC(=O)Oc1ccccc1C(=O)Nc1ccc(OCc2ccccc2)cc1. The van der Waals surface area contributed by atoms with E-state index in [1.807, 2.05) is 30.3 Å². The van der Waals surface area contributed by atoms with Crippen LogP contribution in [0.15, 0.2) is 78.9 Å². The molecule has 0 radical (unpaired) electrons. The number of hydrogen-bond donors (Lipinski definition) is 1. The largest absolute Gasteiger partial charge is 0.489 e. The minimum atomic E-state index is -0.477. The molecule has 0 unspecified atom stereocenters. The van der Waals surface area contributed by atoms with Crippen molar-refractivity contribution in [2.24, 2.45) is 0 Å². The average molecular weight is 361 g/mol. The third-order valence-corrected chi connectivity index (χ3v) is 3.75. The van der Waals surface area contributed by atoms with E-state index in [-0.39, 0.29) is 17.2 Å². The van der Waals surface area contributed by atoms with Gasteiger partial charge in [-0.2, -0.15) is 0 Å². The van der Waals surface area contributed by atoms with Crippen LogP contribution in [0.1, 0.15) is 22.8 Å². The Morgan fingerprint density at radius 2 is 1.52 bits per heavy atom. The summed E-state index contributed by atoms with van der Waals surface area (Å²) in [5, 5.41) is 2.79. The number of ether oxygens (including phenoxy) is 2. The van der Waals surface area contributed by atoms with Crippen molar-refractivity contribution in [1.82, 2.24) is 0 Å². The van der Waals surface area contributed by atoms with Gasteiger partial charge in [0.1, 0.15) is 18.1 Å². The molecular weight excluding hydrogens is 342 g/mol. The van der Waals surface area contributed by atoms with E-state index in [0.29, 0.717) is 18.0 Å². The lowest BCUT2D eigenvalue weighted by Gasteiger charge is -2.10. The van der Waals surface area contributed by atoms with E-state index < -0.39 is 5.97 Å². The van der Waals surface area contributed by atoms with Crippen LogP contribution in [0.5, 0.6) is 11.5 Å². The topological polar surface area (TPSA) is 64.6 Å². The molecule has 5 heteroatoms. The molecule has 0 atom stereocenters. The highest BCUT2D eigenvalue weighted by molar-refractivity contribution is 6.06. The van der Waals surface area contributed by atoms with Crippen molar-refractivity contribution in [3.8, 4) is 11.5 Å². The second-order valence-electron chi connectivity index (χ2n) is 5.84. The molecule has 0 aliphatic heterocycles. The van der Waals surface area contributed by atoms with Crippen molar-refractivity contribution in [2.75, 3.05) is 5.32 Å². The van der Waals surface area contributed by atoms with Crippen molar-refractivity contribution in [1.29, 1.82) is 0 Å².